The molecule has 6 nitrogen and oxygen atoms in total. The molecule has 4 unspecified atom stereocenters. The zero-order valence-electron chi connectivity index (χ0n) is 15.4. The van der Waals surface area contributed by atoms with Crippen LogP contribution in [0.1, 0.15) is 24.8 Å². The lowest BCUT2D eigenvalue weighted by atomic mass is 9.85. The fourth-order valence-corrected chi connectivity index (χ4v) is 5.10. The summed E-state index contributed by atoms with van der Waals surface area (Å²) in [5.41, 5.74) is 1.89. The summed E-state index contributed by atoms with van der Waals surface area (Å²) >= 11 is 0. The number of hydrogen-bond donors (Lipinski definition) is 0. The maximum absolute atomic E-state index is 12.7. The van der Waals surface area contributed by atoms with Gasteiger partial charge in [-0.2, -0.15) is 10.1 Å². The number of benzene rings is 1. The smallest absolute Gasteiger partial charge is 0.254 e. The first-order chi connectivity index (χ1) is 13.2. The molecule has 2 bridgehead atoms. The molecule has 2 aliphatic heterocycles. The predicted molar refractivity (Wildman–Crippen MR) is 102 cm³/mol. The molecule has 0 N–H and O–H groups in total. The third-order valence-corrected chi connectivity index (χ3v) is 6.45. The lowest BCUT2D eigenvalue weighted by molar-refractivity contribution is -0.140. The van der Waals surface area contributed by atoms with Crippen LogP contribution in [0.3, 0.4) is 0 Å². The number of amides is 2. The van der Waals surface area contributed by atoms with Crippen molar-refractivity contribution in [2.24, 2.45) is 28.8 Å². The Bertz CT molecular complexity index is 826. The first kappa shape index (κ1) is 16.5. The number of fused-ring (bicyclic) bond motifs is 5. The third-order valence-electron chi connectivity index (χ3n) is 6.45. The van der Waals surface area contributed by atoms with E-state index in [4.69, 9.17) is 4.74 Å². The van der Waals surface area contributed by atoms with Gasteiger partial charge in [-0.15, -0.1) is 0 Å². The molecule has 0 spiro atoms. The van der Waals surface area contributed by atoms with Crippen LogP contribution >= 0.6 is 0 Å². The SMILES string of the molecule is COc1cc(N2CCCC2)ccc1C=NN1C(=O)C2C3C=CC(C3)C2C1=O. The normalized spacial score (nSPS) is 31.6. The van der Waals surface area contributed by atoms with Crippen LogP contribution in [-0.4, -0.2) is 43.2 Å². The highest BCUT2D eigenvalue weighted by Gasteiger charge is 2.59. The van der Waals surface area contributed by atoms with Gasteiger partial charge >= 0.3 is 0 Å². The van der Waals surface area contributed by atoms with E-state index in [1.807, 2.05) is 18.2 Å². The van der Waals surface area contributed by atoms with Gasteiger partial charge in [0.15, 0.2) is 0 Å². The molecule has 1 aromatic carbocycles. The average molecular weight is 365 g/mol. The van der Waals surface area contributed by atoms with Gasteiger partial charge in [0.05, 0.1) is 25.2 Å². The van der Waals surface area contributed by atoms with Crippen LogP contribution in [-0.2, 0) is 9.59 Å². The van der Waals surface area contributed by atoms with Crippen molar-refractivity contribution in [1.29, 1.82) is 0 Å². The minimum atomic E-state index is -0.218. The molecule has 0 radical (unpaired) electrons. The molecule has 2 aliphatic carbocycles. The number of nitrogens with zero attached hydrogens (tertiary/aromatic N) is 3. The molecule has 4 aliphatic rings. The van der Waals surface area contributed by atoms with Gasteiger partial charge in [0.2, 0.25) is 0 Å². The van der Waals surface area contributed by atoms with E-state index >= 15 is 0 Å². The Morgan fingerprint density at radius 2 is 1.74 bits per heavy atom. The Hall–Kier alpha value is -2.63. The summed E-state index contributed by atoms with van der Waals surface area (Å²) in [6.45, 7) is 2.12. The summed E-state index contributed by atoms with van der Waals surface area (Å²) in [5, 5.41) is 5.34. The topological polar surface area (TPSA) is 62.2 Å². The molecule has 2 saturated heterocycles. The fraction of sp³-hybridized carbons (Fsp3) is 0.476. The molecule has 0 aromatic heterocycles. The highest BCUT2D eigenvalue weighted by Crippen LogP contribution is 2.52. The number of carbonyl (C=O) groups excluding carboxylic acids is 2. The van der Waals surface area contributed by atoms with E-state index < -0.39 is 0 Å². The van der Waals surface area contributed by atoms with Crippen molar-refractivity contribution >= 4 is 23.7 Å². The molecule has 140 valence electrons. The second-order valence-corrected chi connectivity index (χ2v) is 7.85. The molecule has 5 rings (SSSR count). The molecule has 27 heavy (non-hydrogen) atoms. The van der Waals surface area contributed by atoms with Gasteiger partial charge in [0, 0.05) is 30.4 Å². The van der Waals surface area contributed by atoms with Gasteiger partial charge in [-0.3, -0.25) is 9.59 Å². The van der Waals surface area contributed by atoms with Crippen LogP contribution in [0.4, 0.5) is 5.69 Å². The number of allylic oxidation sites excluding steroid dienone is 2. The third kappa shape index (κ3) is 2.50. The Labute approximate surface area is 158 Å². The maximum Gasteiger partial charge on any atom is 0.254 e. The number of imide groups is 1. The van der Waals surface area contributed by atoms with E-state index in [1.165, 1.54) is 12.8 Å². The summed E-state index contributed by atoms with van der Waals surface area (Å²) in [5.74, 6) is 0.339. The molecule has 2 amide bonds. The highest BCUT2D eigenvalue weighted by molar-refractivity contribution is 6.07. The van der Waals surface area contributed by atoms with Crippen molar-refractivity contribution in [3.05, 3.63) is 35.9 Å². The lowest BCUT2D eigenvalue weighted by Gasteiger charge is -2.19. The number of anilines is 1. The molecule has 4 atom stereocenters. The standard InChI is InChI=1S/C21H23N3O3/c1-27-17-11-16(23-8-2-3-9-23)7-6-15(17)12-22-24-20(25)18-13-4-5-14(10-13)19(18)21(24)26/h4-7,11-14,18-19H,2-3,8-10H2,1H3. The summed E-state index contributed by atoms with van der Waals surface area (Å²) < 4.78 is 5.52. The maximum atomic E-state index is 12.7. The van der Waals surface area contributed by atoms with E-state index in [2.05, 4.69) is 22.2 Å². The van der Waals surface area contributed by atoms with Crippen molar-refractivity contribution in [1.82, 2.24) is 5.01 Å². The minimum Gasteiger partial charge on any atom is -0.496 e. The molecule has 1 aromatic rings. The lowest BCUT2D eigenvalue weighted by Crippen LogP contribution is -2.28. The number of ether oxygens (including phenoxy) is 1. The Kier molecular flexibility index (Phi) is 3.81. The molecule has 6 heteroatoms. The highest BCUT2D eigenvalue weighted by atomic mass is 16.5. The van der Waals surface area contributed by atoms with Crippen LogP contribution in [0.5, 0.6) is 5.75 Å². The minimum absolute atomic E-state index is 0.161. The summed E-state index contributed by atoms with van der Waals surface area (Å²) in [6.07, 6.45) is 9.09. The first-order valence-electron chi connectivity index (χ1n) is 9.70. The van der Waals surface area contributed by atoms with Gasteiger partial charge in [0.25, 0.3) is 11.8 Å². The molecule has 2 heterocycles. The molecular formula is C21H23N3O3. The second kappa shape index (κ2) is 6.22. The zero-order chi connectivity index (χ0) is 18.5. The van der Waals surface area contributed by atoms with Gasteiger partial charge < -0.3 is 9.64 Å². The van der Waals surface area contributed by atoms with Gasteiger partial charge in [-0.25, -0.2) is 0 Å². The number of methoxy groups -OCH3 is 1. The summed E-state index contributed by atoms with van der Waals surface area (Å²) in [6, 6.07) is 5.98. The molecular weight excluding hydrogens is 342 g/mol. The van der Waals surface area contributed by atoms with Crippen molar-refractivity contribution < 1.29 is 14.3 Å². The van der Waals surface area contributed by atoms with Crippen molar-refractivity contribution in [2.75, 3.05) is 25.1 Å². The van der Waals surface area contributed by atoms with Gasteiger partial charge in [0.1, 0.15) is 5.75 Å². The largest absolute Gasteiger partial charge is 0.496 e. The molecule has 3 fully saturated rings. The van der Waals surface area contributed by atoms with Crippen molar-refractivity contribution in [2.45, 2.75) is 19.3 Å². The van der Waals surface area contributed by atoms with Crippen LogP contribution in [0.2, 0.25) is 0 Å². The fourth-order valence-electron chi connectivity index (χ4n) is 5.10. The number of hydrazone groups is 1. The monoisotopic (exact) mass is 365 g/mol. The average Bonchev–Trinajstić information content (AvgIpc) is 3.46. The quantitative estimate of drug-likeness (QED) is 0.467. The van der Waals surface area contributed by atoms with Crippen LogP contribution in [0, 0.1) is 23.7 Å². The Morgan fingerprint density at radius 3 is 2.37 bits per heavy atom. The Morgan fingerprint density at radius 1 is 1.07 bits per heavy atom. The van der Waals surface area contributed by atoms with Crippen LogP contribution in [0.25, 0.3) is 0 Å². The number of hydrogen-bond acceptors (Lipinski definition) is 5. The second-order valence-electron chi connectivity index (χ2n) is 7.85. The Balaban J connectivity index is 1.38. The zero-order valence-corrected chi connectivity index (χ0v) is 15.4. The first-order valence-corrected chi connectivity index (χ1v) is 9.70. The molecule has 1 saturated carbocycles. The van der Waals surface area contributed by atoms with Gasteiger partial charge in [-0.1, -0.05) is 12.2 Å². The van der Waals surface area contributed by atoms with E-state index in [0.29, 0.717) is 5.75 Å². The van der Waals surface area contributed by atoms with E-state index in [-0.39, 0.29) is 35.5 Å². The van der Waals surface area contributed by atoms with Crippen molar-refractivity contribution in [3.8, 4) is 5.75 Å². The van der Waals surface area contributed by atoms with Crippen molar-refractivity contribution in [3.63, 3.8) is 0 Å². The number of carbonyl (C=O) groups is 2. The summed E-state index contributed by atoms with van der Waals surface area (Å²) in [7, 11) is 1.63. The van der Waals surface area contributed by atoms with Crippen LogP contribution < -0.4 is 9.64 Å². The number of rotatable bonds is 4. The predicted octanol–water partition coefficient (Wildman–Crippen LogP) is 2.44. The summed E-state index contributed by atoms with van der Waals surface area (Å²) in [4.78, 5) is 27.8. The van der Waals surface area contributed by atoms with Gasteiger partial charge in [-0.05, 0) is 43.2 Å². The van der Waals surface area contributed by atoms with E-state index in [0.717, 1.165) is 35.8 Å². The van der Waals surface area contributed by atoms with E-state index in [1.54, 1.807) is 13.3 Å². The van der Waals surface area contributed by atoms with E-state index in [9.17, 15) is 9.59 Å². The van der Waals surface area contributed by atoms with Crippen LogP contribution in [0.15, 0.2) is 35.5 Å².